The van der Waals surface area contributed by atoms with Gasteiger partial charge >= 0.3 is 12.1 Å². The molecular weight excluding hydrogens is 422 g/mol. The molecule has 0 spiro atoms. The molecule has 1 aliphatic rings. The van der Waals surface area contributed by atoms with E-state index in [1.807, 2.05) is 25.1 Å². The number of aliphatic hydroxyl groups excluding tert-OH is 1. The van der Waals surface area contributed by atoms with Crippen molar-refractivity contribution in [2.45, 2.75) is 58.3 Å². The summed E-state index contributed by atoms with van der Waals surface area (Å²) >= 11 is 0. The lowest BCUT2D eigenvalue weighted by Gasteiger charge is -2.23. The average molecular weight is 460 g/mol. The third-order valence-electron chi connectivity index (χ3n) is 4.46. The topological polar surface area (TPSA) is 94.1 Å². The molecule has 7 heteroatoms. The van der Waals surface area contributed by atoms with Crippen molar-refractivity contribution in [3.05, 3.63) is 73.0 Å². The fourth-order valence-corrected chi connectivity index (χ4v) is 3.12. The summed E-state index contributed by atoms with van der Waals surface area (Å²) in [5.74, 6) is -0.112. The Morgan fingerprint density at radius 1 is 1.24 bits per heavy atom. The molecule has 1 aromatic carbocycles. The lowest BCUT2D eigenvalue weighted by molar-refractivity contribution is -0.151. The van der Waals surface area contributed by atoms with Crippen LogP contribution in [0.3, 0.4) is 0 Å². The number of esters is 1. The molecule has 1 amide bonds. The zero-order valence-electron chi connectivity index (χ0n) is 20.1. The fourth-order valence-electron chi connectivity index (χ4n) is 3.12. The van der Waals surface area contributed by atoms with Gasteiger partial charge in [0.05, 0.1) is 12.7 Å². The molecule has 2 N–H and O–H groups in total. The SMILES string of the molecule is C=C/C=C(/O)C=C.CC1CC(Cc2ccccc2)COC[C@H](NC(=O)OC(C)(C)C)C(=O)O1. The van der Waals surface area contributed by atoms with E-state index in [-0.39, 0.29) is 24.4 Å². The number of rotatable bonds is 5. The Hall–Kier alpha value is -3.06. The van der Waals surface area contributed by atoms with Crippen LogP contribution in [0.2, 0.25) is 0 Å². The van der Waals surface area contributed by atoms with Crippen LogP contribution < -0.4 is 5.32 Å². The maximum Gasteiger partial charge on any atom is 0.408 e. The number of cyclic esters (lactones) is 1. The van der Waals surface area contributed by atoms with Gasteiger partial charge in [-0.1, -0.05) is 49.6 Å². The number of carbonyl (C=O) groups is 2. The van der Waals surface area contributed by atoms with Crippen molar-refractivity contribution < 1.29 is 28.9 Å². The second-order valence-electron chi connectivity index (χ2n) is 8.81. The standard InChI is InChI=1S/C20H29NO5.C6H8O/c1-14-10-16(11-15-8-6-5-7-9-15)12-24-13-17(18(22)25-14)21-19(23)26-20(2,3)4;1-3-5-6(7)4-2/h5-9,14,16-17H,10-13H2,1-4H3,(H,21,23);3-5,7H,1-2H2/b;6-5+/t14?,16?,17-;/m0./s1. The first kappa shape index (κ1) is 28.0. The number of carbonyl (C=O) groups excluding carboxylic acids is 2. The Balaban J connectivity index is 0.000000675. The summed E-state index contributed by atoms with van der Waals surface area (Å²) in [5, 5.41) is 11.1. The first-order chi connectivity index (χ1) is 15.5. The number of allylic oxidation sites excluding steroid dienone is 3. The van der Waals surface area contributed by atoms with Crippen LogP contribution in [0.5, 0.6) is 0 Å². The van der Waals surface area contributed by atoms with Crippen molar-refractivity contribution in [3.8, 4) is 0 Å². The van der Waals surface area contributed by atoms with Gasteiger partial charge in [-0.2, -0.15) is 0 Å². The van der Waals surface area contributed by atoms with E-state index in [1.54, 1.807) is 20.8 Å². The van der Waals surface area contributed by atoms with Gasteiger partial charge in [-0.25, -0.2) is 9.59 Å². The molecular formula is C26H37NO6. The quantitative estimate of drug-likeness (QED) is 0.370. The van der Waals surface area contributed by atoms with Gasteiger partial charge in [0.25, 0.3) is 0 Å². The van der Waals surface area contributed by atoms with Crippen molar-refractivity contribution in [3.63, 3.8) is 0 Å². The number of ether oxygens (including phenoxy) is 3. The normalized spacial score (nSPS) is 21.6. The maximum atomic E-state index is 12.3. The molecule has 1 fully saturated rings. The molecule has 0 aromatic heterocycles. The second kappa shape index (κ2) is 14.2. The van der Waals surface area contributed by atoms with E-state index in [1.165, 1.54) is 23.8 Å². The van der Waals surface area contributed by atoms with Gasteiger partial charge in [-0.3, -0.25) is 0 Å². The van der Waals surface area contributed by atoms with Crippen LogP contribution in [-0.2, 0) is 25.4 Å². The van der Waals surface area contributed by atoms with Gasteiger partial charge in [0.2, 0.25) is 0 Å². The summed E-state index contributed by atoms with van der Waals surface area (Å²) in [6, 6.07) is 9.29. The Morgan fingerprint density at radius 2 is 1.91 bits per heavy atom. The highest BCUT2D eigenvalue weighted by Crippen LogP contribution is 2.19. The molecule has 2 unspecified atom stereocenters. The highest BCUT2D eigenvalue weighted by atomic mass is 16.6. The van der Waals surface area contributed by atoms with E-state index in [2.05, 4.69) is 30.6 Å². The molecule has 1 saturated heterocycles. The second-order valence-corrected chi connectivity index (χ2v) is 8.81. The van der Waals surface area contributed by atoms with Crippen LogP contribution in [0, 0.1) is 5.92 Å². The third-order valence-corrected chi connectivity index (χ3v) is 4.46. The van der Waals surface area contributed by atoms with Crippen LogP contribution in [0.1, 0.15) is 39.7 Å². The molecule has 7 nitrogen and oxygen atoms in total. The average Bonchev–Trinajstić information content (AvgIpc) is 2.78. The number of aliphatic hydroxyl groups is 1. The monoisotopic (exact) mass is 459 g/mol. The van der Waals surface area contributed by atoms with Crippen LogP contribution in [-0.4, -0.2) is 48.1 Å². The molecule has 182 valence electrons. The van der Waals surface area contributed by atoms with E-state index < -0.39 is 23.7 Å². The van der Waals surface area contributed by atoms with Crippen LogP contribution >= 0.6 is 0 Å². The Morgan fingerprint density at radius 3 is 2.45 bits per heavy atom. The predicted molar refractivity (Wildman–Crippen MR) is 129 cm³/mol. The van der Waals surface area contributed by atoms with Crippen molar-refractivity contribution in [1.82, 2.24) is 5.32 Å². The van der Waals surface area contributed by atoms with Gasteiger partial charge in [0.1, 0.15) is 11.4 Å². The zero-order chi connectivity index (χ0) is 24.9. The van der Waals surface area contributed by atoms with Crippen molar-refractivity contribution in [2.24, 2.45) is 5.92 Å². The highest BCUT2D eigenvalue weighted by molar-refractivity contribution is 5.81. The first-order valence-corrected chi connectivity index (χ1v) is 11.0. The van der Waals surface area contributed by atoms with Gasteiger partial charge in [-0.05, 0) is 64.2 Å². The Bertz CT molecular complexity index is 797. The number of hydrogen-bond donors (Lipinski definition) is 2. The molecule has 1 heterocycles. The predicted octanol–water partition coefficient (Wildman–Crippen LogP) is 4.89. The molecule has 0 bridgehead atoms. The van der Waals surface area contributed by atoms with E-state index in [0.717, 1.165) is 6.42 Å². The smallest absolute Gasteiger partial charge is 0.408 e. The number of nitrogens with one attached hydrogen (secondary N) is 1. The Kier molecular flexibility index (Phi) is 12.0. The van der Waals surface area contributed by atoms with Gasteiger partial charge in [-0.15, -0.1) is 0 Å². The minimum Gasteiger partial charge on any atom is -0.508 e. The summed E-state index contributed by atoms with van der Waals surface area (Å²) in [6.07, 6.45) is 4.97. The van der Waals surface area contributed by atoms with Gasteiger partial charge in [0.15, 0.2) is 6.04 Å². The fraction of sp³-hybridized carbons (Fsp3) is 0.462. The minimum atomic E-state index is -0.872. The van der Waals surface area contributed by atoms with Gasteiger partial charge in [0, 0.05) is 6.61 Å². The van der Waals surface area contributed by atoms with Crippen LogP contribution in [0.15, 0.2) is 67.5 Å². The molecule has 2 rings (SSSR count). The van der Waals surface area contributed by atoms with E-state index in [9.17, 15) is 9.59 Å². The first-order valence-electron chi connectivity index (χ1n) is 11.0. The summed E-state index contributed by atoms with van der Waals surface area (Å²) in [5.41, 5.74) is 0.587. The van der Waals surface area contributed by atoms with Crippen LogP contribution in [0.25, 0.3) is 0 Å². The highest BCUT2D eigenvalue weighted by Gasteiger charge is 2.29. The number of hydrogen-bond acceptors (Lipinski definition) is 6. The van der Waals surface area contributed by atoms with Crippen molar-refractivity contribution in [1.29, 1.82) is 0 Å². The summed E-state index contributed by atoms with van der Waals surface area (Å²) in [7, 11) is 0. The molecule has 0 aliphatic carbocycles. The molecule has 33 heavy (non-hydrogen) atoms. The molecule has 1 aromatic rings. The Labute approximate surface area is 197 Å². The lowest BCUT2D eigenvalue weighted by atomic mass is 9.95. The lowest BCUT2D eigenvalue weighted by Crippen LogP contribution is -2.47. The molecule has 0 radical (unpaired) electrons. The van der Waals surface area contributed by atoms with E-state index >= 15 is 0 Å². The van der Waals surface area contributed by atoms with Crippen molar-refractivity contribution >= 4 is 12.1 Å². The summed E-state index contributed by atoms with van der Waals surface area (Å²) in [4.78, 5) is 24.3. The summed E-state index contributed by atoms with van der Waals surface area (Å²) < 4.78 is 16.4. The van der Waals surface area contributed by atoms with Crippen molar-refractivity contribution in [2.75, 3.05) is 13.2 Å². The maximum absolute atomic E-state index is 12.3. The van der Waals surface area contributed by atoms with Gasteiger partial charge < -0.3 is 24.6 Å². The third kappa shape index (κ3) is 12.5. The molecule has 1 aliphatic heterocycles. The van der Waals surface area contributed by atoms with Crippen LogP contribution in [0.4, 0.5) is 4.79 Å². The largest absolute Gasteiger partial charge is 0.508 e. The zero-order valence-corrected chi connectivity index (χ0v) is 20.1. The van der Waals surface area contributed by atoms with E-state index in [4.69, 9.17) is 19.3 Å². The molecule has 3 atom stereocenters. The summed E-state index contributed by atoms with van der Waals surface area (Å²) in [6.45, 7) is 14.4. The minimum absolute atomic E-state index is 0.0656. The number of alkyl carbamates (subject to hydrolysis) is 1. The number of benzene rings is 1. The number of amides is 1. The van der Waals surface area contributed by atoms with E-state index in [0.29, 0.717) is 13.0 Å². The molecule has 0 saturated carbocycles.